The number of anilines is 2. The molecule has 43 heavy (non-hydrogen) atoms. The summed E-state index contributed by atoms with van der Waals surface area (Å²) in [5, 5.41) is 11.6. The summed E-state index contributed by atoms with van der Waals surface area (Å²) in [4.78, 5) is 30.9. The number of fused-ring (bicyclic) bond motifs is 1. The first-order valence-corrected chi connectivity index (χ1v) is 14.3. The van der Waals surface area contributed by atoms with Crippen molar-refractivity contribution in [1.29, 1.82) is 0 Å². The quantitative estimate of drug-likeness (QED) is 0.112. The lowest BCUT2D eigenvalue weighted by Crippen LogP contribution is -2.33. The van der Waals surface area contributed by atoms with Crippen LogP contribution in [-0.4, -0.2) is 60.2 Å². The largest absolute Gasteiger partial charge is 0.326 e. The second-order valence-corrected chi connectivity index (χ2v) is 11.0. The molecule has 1 saturated heterocycles. The maximum Gasteiger partial charge on any atom is 0.243 e. The summed E-state index contributed by atoms with van der Waals surface area (Å²) in [5.74, 6) is 0.239. The predicted molar refractivity (Wildman–Crippen MR) is 163 cm³/mol. The van der Waals surface area contributed by atoms with E-state index in [2.05, 4.69) is 30.2 Å². The second-order valence-electron chi connectivity index (χ2n) is 11.0. The summed E-state index contributed by atoms with van der Waals surface area (Å²) >= 11 is 0. The van der Waals surface area contributed by atoms with Crippen LogP contribution >= 0.6 is 12.4 Å². The average molecular weight is 615 g/mol. The van der Waals surface area contributed by atoms with Crippen LogP contribution in [-0.2, 0) is 4.79 Å². The van der Waals surface area contributed by atoms with E-state index in [4.69, 9.17) is 5.21 Å². The Labute approximate surface area is 255 Å². The SMILES string of the molecule is Cc1nc2c(F)cc(-c3nc(Nc4ccc(C5CCN(CCCCC(=O)NO)CC5)cn4)ncc3F)cc2n1C(C)C.Cl. The number of imidazole rings is 1. The lowest BCUT2D eigenvalue weighted by Gasteiger charge is -2.32. The van der Waals surface area contributed by atoms with Crippen molar-refractivity contribution in [3.8, 4) is 11.3 Å². The molecule has 0 saturated carbocycles. The summed E-state index contributed by atoms with van der Waals surface area (Å²) in [6.45, 7) is 8.69. The lowest BCUT2D eigenvalue weighted by atomic mass is 9.90. The van der Waals surface area contributed by atoms with Crippen LogP contribution in [0.1, 0.15) is 69.3 Å². The highest BCUT2D eigenvalue weighted by Gasteiger charge is 2.21. The summed E-state index contributed by atoms with van der Waals surface area (Å²) < 4.78 is 31.8. The molecule has 0 atom stereocenters. The number of nitrogens with one attached hydrogen (secondary N) is 2. The number of carbonyl (C=O) groups is 1. The lowest BCUT2D eigenvalue weighted by molar-refractivity contribution is -0.129. The Balaban J connectivity index is 0.00000423. The van der Waals surface area contributed by atoms with Crippen molar-refractivity contribution in [3.05, 3.63) is 59.7 Å². The van der Waals surface area contributed by atoms with Gasteiger partial charge in [0, 0.05) is 24.2 Å². The minimum absolute atomic E-state index is 0. The van der Waals surface area contributed by atoms with Crippen LogP contribution in [0, 0.1) is 18.6 Å². The first-order valence-electron chi connectivity index (χ1n) is 14.3. The number of amides is 1. The van der Waals surface area contributed by atoms with Crippen LogP contribution in [0.25, 0.3) is 22.3 Å². The van der Waals surface area contributed by atoms with Crippen molar-refractivity contribution in [1.82, 2.24) is 34.9 Å². The van der Waals surface area contributed by atoms with E-state index >= 15 is 0 Å². The Bertz CT molecular complexity index is 1560. The van der Waals surface area contributed by atoms with Crippen LogP contribution in [0.2, 0.25) is 0 Å². The van der Waals surface area contributed by atoms with Gasteiger partial charge in [-0.1, -0.05) is 6.07 Å². The smallest absolute Gasteiger partial charge is 0.243 e. The summed E-state index contributed by atoms with van der Waals surface area (Å²) in [5.41, 5.74) is 3.94. The van der Waals surface area contributed by atoms with Gasteiger partial charge in [-0.25, -0.2) is 34.2 Å². The molecule has 0 bridgehead atoms. The van der Waals surface area contributed by atoms with Crippen molar-refractivity contribution in [2.24, 2.45) is 0 Å². The number of benzene rings is 1. The van der Waals surface area contributed by atoms with Crippen LogP contribution in [0.4, 0.5) is 20.5 Å². The number of pyridine rings is 1. The molecule has 3 aromatic heterocycles. The molecular formula is C30H37ClF2N8O2. The highest BCUT2D eigenvalue weighted by molar-refractivity contribution is 5.85. The number of likely N-dealkylation sites (tertiary alicyclic amines) is 1. The fourth-order valence-corrected chi connectivity index (χ4v) is 5.69. The molecule has 230 valence electrons. The zero-order valence-electron chi connectivity index (χ0n) is 24.5. The minimum atomic E-state index is -0.656. The van der Waals surface area contributed by atoms with Gasteiger partial charge in [0.2, 0.25) is 11.9 Å². The maximum atomic E-state index is 15.0. The third kappa shape index (κ3) is 7.43. The summed E-state index contributed by atoms with van der Waals surface area (Å²) in [6.07, 6.45) is 6.96. The van der Waals surface area contributed by atoms with E-state index in [0.29, 0.717) is 35.1 Å². The first kappa shape index (κ1) is 32.2. The van der Waals surface area contributed by atoms with Gasteiger partial charge in [-0.15, -0.1) is 12.4 Å². The Morgan fingerprint density at radius 2 is 1.84 bits per heavy atom. The number of aryl methyl sites for hydroxylation is 1. The summed E-state index contributed by atoms with van der Waals surface area (Å²) in [6, 6.07) is 6.91. The molecule has 4 heterocycles. The molecule has 13 heteroatoms. The molecule has 0 aliphatic carbocycles. The third-order valence-corrected chi connectivity index (χ3v) is 7.80. The van der Waals surface area contributed by atoms with E-state index in [9.17, 15) is 13.6 Å². The Kier molecular flexibility index (Phi) is 10.6. The first-order chi connectivity index (χ1) is 20.2. The molecule has 1 amide bonds. The molecule has 3 N–H and O–H groups in total. The molecule has 1 aliphatic heterocycles. The number of hydroxylamine groups is 1. The molecule has 0 radical (unpaired) electrons. The minimum Gasteiger partial charge on any atom is -0.326 e. The number of aromatic nitrogens is 5. The van der Waals surface area contributed by atoms with Gasteiger partial charge in [0.1, 0.15) is 22.9 Å². The van der Waals surface area contributed by atoms with Gasteiger partial charge in [0.05, 0.1) is 11.7 Å². The van der Waals surface area contributed by atoms with Crippen molar-refractivity contribution in [3.63, 3.8) is 0 Å². The molecule has 1 fully saturated rings. The van der Waals surface area contributed by atoms with Crippen molar-refractivity contribution in [2.75, 3.05) is 25.0 Å². The molecule has 5 rings (SSSR count). The molecular weight excluding hydrogens is 578 g/mol. The number of nitrogens with zero attached hydrogens (tertiary/aromatic N) is 6. The average Bonchev–Trinajstić information content (AvgIpc) is 3.33. The number of unbranched alkanes of at least 4 members (excludes halogenated alkanes) is 1. The highest BCUT2D eigenvalue weighted by Crippen LogP contribution is 2.31. The fraction of sp³-hybridized carbons (Fsp3) is 0.433. The molecule has 1 aliphatic rings. The topological polar surface area (TPSA) is 121 Å². The van der Waals surface area contributed by atoms with Crippen molar-refractivity contribution >= 4 is 41.1 Å². The van der Waals surface area contributed by atoms with Gasteiger partial charge >= 0.3 is 0 Å². The highest BCUT2D eigenvalue weighted by atomic mass is 35.5. The number of rotatable bonds is 10. The van der Waals surface area contributed by atoms with Gasteiger partial charge in [-0.2, -0.15) is 0 Å². The van der Waals surface area contributed by atoms with E-state index in [1.54, 1.807) is 11.5 Å². The zero-order valence-corrected chi connectivity index (χ0v) is 25.3. The van der Waals surface area contributed by atoms with Crippen LogP contribution in [0.3, 0.4) is 0 Å². The van der Waals surface area contributed by atoms with Gasteiger partial charge in [-0.05, 0) is 95.8 Å². The van der Waals surface area contributed by atoms with E-state index in [0.717, 1.165) is 57.1 Å². The van der Waals surface area contributed by atoms with Gasteiger partial charge in [0.15, 0.2) is 11.6 Å². The number of carbonyl (C=O) groups excluding carboxylic acids is 1. The van der Waals surface area contributed by atoms with Crippen LogP contribution < -0.4 is 10.8 Å². The number of piperidine rings is 1. The third-order valence-electron chi connectivity index (χ3n) is 7.80. The van der Waals surface area contributed by atoms with E-state index in [1.807, 2.05) is 43.7 Å². The standard InChI is InChI=1S/C30H36F2N8O2.ClH/c1-18(2)40-19(3)35-29-23(31)14-22(15-25(29)40)28-24(32)17-34-30(37-28)36-26-8-7-21(16-33-26)20-9-12-39(13-10-20)11-5-4-6-27(41)38-42;/h7-8,14-18,20,42H,4-6,9-13H2,1-3H3,(H,38,41)(H,33,34,36,37);1H. The maximum absolute atomic E-state index is 15.0. The molecule has 0 unspecified atom stereocenters. The predicted octanol–water partition coefficient (Wildman–Crippen LogP) is 6.08. The summed E-state index contributed by atoms with van der Waals surface area (Å²) in [7, 11) is 0. The van der Waals surface area contributed by atoms with Crippen LogP contribution in [0.15, 0.2) is 36.7 Å². The monoisotopic (exact) mass is 614 g/mol. The Morgan fingerprint density at radius 3 is 2.51 bits per heavy atom. The second kappa shape index (κ2) is 14.2. The Morgan fingerprint density at radius 1 is 1.07 bits per heavy atom. The molecule has 10 nitrogen and oxygen atoms in total. The van der Waals surface area contributed by atoms with Crippen molar-refractivity contribution < 1.29 is 18.8 Å². The zero-order chi connectivity index (χ0) is 29.8. The van der Waals surface area contributed by atoms with E-state index in [1.165, 1.54) is 6.07 Å². The van der Waals surface area contributed by atoms with Crippen LogP contribution in [0.5, 0.6) is 0 Å². The van der Waals surface area contributed by atoms with E-state index in [-0.39, 0.29) is 41.5 Å². The normalized spacial score (nSPS) is 14.2. The number of hydrogen-bond donors (Lipinski definition) is 3. The molecule has 4 aromatic rings. The Hall–Kier alpha value is -3.74. The van der Waals surface area contributed by atoms with Gasteiger partial charge in [-0.3, -0.25) is 10.0 Å². The molecule has 0 spiro atoms. The van der Waals surface area contributed by atoms with Gasteiger partial charge in [0.25, 0.3) is 0 Å². The van der Waals surface area contributed by atoms with Crippen molar-refractivity contribution in [2.45, 2.75) is 64.8 Å². The van der Waals surface area contributed by atoms with Gasteiger partial charge < -0.3 is 14.8 Å². The molecule has 1 aromatic carbocycles. The number of halogens is 3. The fourth-order valence-electron chi connectivity index (χ4n) is 5.69. The van der Waals surface area contributed by atoms with E-state index < -0.39 is 11.6 Å². The number of hydrogen-bond acceptors (Lipinski definition) is 8.